The third kappa shape index (κ3) is 2.52. The van der Waals surface area contributed by atoms with Crippen LogP contribution in [0, 0.1) is 6.07 Å². The first-order chi connectivity index (χ1) is 9.12. The first kappa shape index (κ1) is 14.5. The van der Waals surface area contributed by atoms with E-state index in [-0.39, 0.29) is 5.69 Å². The number of rotatable bonds is 1. The van der Waals surface area contributed by atoms with Gasteiger partial charge in [-0.05, 0) is 18.2 Å². The number of aryl methyl sites for hydroxylation is 1. The van der Waals surface area contributed by atoms with Crippen LogP contribution in [0.25, 0.3) is 11.3 Å². The van der Waals surface area contributed by atoms with Gasteiger partial charge in [0.1, 0.15) is 0 Å². The largest absolute Gasteiger partial charge is 0.417 e. The molecule has 1 radical (unpaired) electrons. The van der Waals surface area contributed by atoms with Crippen molar-refractivity contribution in [2.45, 2.75) is 12.4 Å². The van der Waals surface area contributed by atoms with E-state index in [2.05, 4.69) is 6.07 Å². The van der Waals surface area contributed by atoms with Gasteiger partial charge in [0, 0.05) is 30.6 Å². The van der Waals surface area contributed by atoms with Crippen LogP contribution in [0.2, 0.25) is 0 Å². The molecule has 0 aliphatic rings. The van der Waals surface area contributed by atoms with Crippen LogP contribution in [0.15, 0.2) is 30.5 Å². The van der Waals surface area contributed by atoms with Gasteiger partial charge in [0.25, 0.3) is 0 Å². The molecule has 1 nitrogen and oxygen atoms in total. The van der Waals surface area contributed by atoms with E-state index in [9.17, 15) is 26.3 Å². The van der Waals surface area contributed by atoms with E-state index in [0.717, 1.165) is 12.1 Å². The molecular weight excluding hydrogens is 284 g/mol. The molecule has 0 aliphatic heterocycles. The SMILES string of the molecule is Cn1c[c]cc1-c1c(C(F)(F)F)cccc1C(F)(F)F. The second kappa shape index (κ2) is 4.57. The number of aromatic nitrogens is 1. The van der Waals surface area contributed by atoms with Crippen LogP contribution < -0.4 is 0 Å². The monoisotopic (exact) mass is 292 g/mol. The maximum absolute atomic E-state index is 13.0. The number of nitrogens with zero attached hydrogens (tertiary/aromatic N) is 1. The summed E-state index contributed by atoms with van der Waals surface area (Å²) in [6, 6.07) is 5.60. The topological polar surface area (TPSA) is 4.93 Å². The van der Waals surface area contributed by atoms with E-state index in [1.54, 1.807) is 0 Å². The molecule has 0 amide bonds. The van der Waals surface area contributed by atoms with Crippen molar-refractivity contribution in [1.29, 1.82) is 0 Å². The summed E-state index contributed by atoms with van der Waals surface area (Å²) in [5.74, 6) is 0. The fraction of sp³-hybridized carbons (Fsp3) is 0.231. The molecule has 1 aromatic carbocycles. The van der Waals surface area contributed by atoms with Gasteiger partial charge in [-0.15, -0.1) is 0 Å². The molecule has 0 saturated heterocycles. The summed E-state index contributed by atoms with van der Waals surface area (Å²) in [5, 5.41) is 0. The summed E-state index contributed by atoms with van der Waals surface area (Å²) in [6.07, 6.45) is -8.48. The van der Waals surface area contributed by atoms with Gasteiger partial charge in [0.05, 0.1) is 11.1 Å². The van der Waals surface area contributed by atoms with Crippen molar-refractivity contribution in [1.82, 2.24) is 4.57 Å². The van der Waals surface area contributed by atoms with Crippen molar-refractivity contribution in [3.63, 3.8) is 0 Å². The predicted molar refractivity (Wildman–Crippen MR) is 59.7 cm³/mol. The smallest absolute Gasteiger partial charge is 0.350 e. The number of alkyl halides is 6. The highest BCUT2D eigenvalue weighted by atomic mass is 19.4. The van der Waals surface area contributed by atoms with Crippen LogP contribution in [0.4, 0.5) is 26.3 Å². The van der Waals surface area contributed by atoms with Gasteiger partial charge in [-0.3, -0.25) is 0 Å². The van der Waals surface area contributed by atoms with Gasteiger partial charge in [-0.25, -0.2) is 0 Å². The fourth-order valence-corrected chi connectivity index (χ4v) is 1.95. The molecule has 0 aliphatic carbocycles. The zero-order chi connectivity index (χ0) is 15.1. The molecule has 20 heavy (non-hydrogen) atoms. The van der Waals surface area contributed by atoms with Crippen LogP contribution in [0.1, 0.15) is 11.1 Å². The van der Waals surface area contributed by atoms with Gasteiger partial charge in [-0.1, -0.05) is 6.07 Å². The third-order valence-corrected chi connectivity index (χ3v) is 2.80. The average molecular weight is 292 g/mol. The number of halogens is 6. The van der Waals surface area contributed by atoms with Crippen molar-refractivity contribution in [3.05, 3.63) is 47.7 Å². The first-order valence-corrected chi connectivity index (χ1v) is 5.42. The lowest BCUT2D eigenvalue weighted by Crippen LogP contribution is -2.15. The van der Waals surface area contributed by atoms with E-state index in [4.69, 9.17) is 0 Å². The molecule has 0 bridgehead atoms. The zero-order valence-corrected chi connectivity index (χ0v) is 10.1. The van der Waals surface area contributed by atoms with Gasteiger partial charge >= 0.3 is 12.4 Å². The van der Waals surface area contributed by atoms with Gasteiger partial charge < -0.3 is 4.57 Å². The predicted octanol–water partition coefficient (Wildman–Crippen LogP) is 4.53. The van der Waals surface area contributed by atoms with Crippen molar-refractivity contribution in [2.75, 3.05) is 0 Å². The number of benzene rings is 1. The summed E-state index contributed by atoms with van der Waals surface area (Å²) >= 11 is 0. The summed E-state index contributed by atoms with van der Waals surface area (Å²) in [4.78, 5) is 0. The Labute approximate surface area is 110 Å². The molecule has 0 unspecified atom stereocenters. The zero-order valence-electron chi connectivity index (χ0n) is 10.1. The standard InChI is InChI=1S/C13H8F6N/c1-20-7-3-6-10(20)11-8(12(14,15)16)4-2-5-9(11)13(17,18)19/h2,4-7H,1H3. The van der Waals surface area contributed by atoms with Crippen LogP contribution in [0.5, 0.6) is 0 Å². The molecule has 1 heterocycles. The van der Waals surface area contributed by atoms with Crippen LogP contribution in [-0.2, 0) is 19.4 Å². The molecule has 0 saturated carbocycles. The molecule has 0 spiro atoms. The van der Waals surface area contributed by atoms with Crippen molar-refractivity contribution >= 4 is 0 Å². The van der Waals surface area contributed by atoms with Gasteiger partial charge in [0.15, 0.2) is 0 Å². The Morgan fingerprint density at radius 3 is 1.80 bits per heavy atom. The first-order valence-electron chi connectivity index (χ1n) is 5.42. The van der Waals surface area contributed by atoms with E-state index < -0.39 is 29.0 Å². The van der Waals surface area contributed by atoms with Crippen molar-refractivity contribution in [2.24, 2.45) is 7.05 Å². The minimum absolute atomic E-state index is 0.190. The van der Waals surface area contributed by atoms with E-state index >= 15 is 0 Å². The number of hydrogen-bond donors (Lipinski definition) is 0. The molecule has 1 aromatic heterocycles. The lowest BCUT2D eigenvalue weighted by molar-refractivity contribution is -0.142. The second-order valence-electron chi connectivity index (χ2n) is 4.16. The Morgan fingerprint density at radius 2 is 1.45 bits per heavy atom. The third-order valence-electron chi connectivity index (χ3n) is 2.80. The highest BCUT2D eigenvalue weighted by Crippen LogP contribution is 2.44. The lowest BCUT2D eigenvalue weighted by Gasteiger charge is -2.19. The fourth-order valence-electron chi connectivity index (χ4n) is 1.95. The van der Waals surface area contributed by atoms with Crippen molar-refractivity contribution in [3.8, 4) is 11.3 Å². The highest BCUT2D eigenvalue weighted by Gasteiger charge is 2.41. The van der Waals surface area contributed by atoms with Crippen LogP contribution in [-0.4, -0.2) is 4.57 Å². The minimum Gasteiger partial charge on any atom is -0.350 e. The maximum atomic E-state index is 13.0. The van der Waals surface area contributed by atoms with Crippen molar-refractivity contribution < 1.29 is 26.3 Å². The minimum atomic E-state index is -4.87. The summed E-state index contributed by atoms with van der Waals surface area (Å²) < 4.78 is 78.9. The number of hydrogen-bond acceptors (Lipinski definition) is 0. The second-order valence-corrected chi connectivity index (χ2v) is 4.16. The molecule has 2 aromatic rings. The van der Waals surface area contributed by atoms with E-state index in [1.807, 2.05) is 0 Å². The summed E-state index contributed by atoms with van der Waals surface area (Å²) in [5.41, 5.74) is -3.70. The molecule has 2 rings (SSSR count). The Balaban J connectivity index is 2.83. The lowest BCUT2D eigenvalue weighted by atomic mass is 9.97. The Hall–Kier alpha value is -1.92. The maximum Gasteiger partial charge on any atom is 0.417 e. The summed E-state index contributed by atoms with van der Waals surface area (Å²) in [7, 11) is 1.36. The average Bonchev–Trinajstić information content (AvgIpc) is 2.72. The summed E-state index contributed by atoms with van der Waals surface area (Å²) in [6.45, 7) is 0. The Morgan fingerprint density at radius 1 is 0.950 bits per heavy atom. The van der Waals surface area contributed by atoms with E-state index in [1.165, 1.54) is 17.8 Å². The normalized spacial score (nSPS) is 12.8. The molecule has 7 heteroatoms. The quantitative estimate of drug-likeness (QED) is 0.681. The van der Waals surface area contributed by atoms with Gasteiger partial charge in [0.2, 0.25) is 0 Å². The highest BCUT2D eigenvalue weighted by molar-refractivity contribution is 5.70. The Kier molecular flexibility index (Phi) is 3.31. The molecule has 0 atom stereocenters. The Bertz CT molecular complexity index is 588. The van der Waals surface area contributed by atoms with Crippen LogP contribution >= 0.6 is 0 Å². The molecular formula is C13H8F6N. The van der Waals surface area contributed by atoms with Crippen LogP contribution in [0.3, 0.4) is 0 Å². The molecule has 0 N–H and O–H groups in total. The van der Waals surface area contributed by atoms with E-state index in [0.29, 0.717) is 12.1 Å². The molecule has 0 fully saturated rings. The van der Waals surface area contributed by atoms with Gasteiger partial charge in [-0.2, -0.15) is 26.3 Å². The molecule has 107 valence electrons.